The Hall–Kier alpha value is -1.68. The fourth-order valence-electron chi connectivity index (χ4n) is 3.43. The number of carbonyl (C=O) groups is 2. The average molecular weight is 274 g/mol. The van der Waals surface area contributed by atoms with Crippen LogP contribution in [0, 0.1) is 12.3 Å². The quantitative estimate of drug-likeness (QED) is 0.831. The maximum Gasteiger partial charge on any atom is 0.315 e. The lowest BCUT2D eigenvalue weighted by atomic mass is 9.61. The molecule has 0 amide bonds. The fraction of sp³-hybridized carbons (Fsp3) is 0.500. The van der Waals surface area contributed by atoms with Crippen molar-refractivity contribution >= 4 is 11.8 Å². The molecular weight excluding hydrogens is 256 g/mol. The van der Waals surface area contributed by atoms with E-state index in [2.05, 4.69) is 0 Å². The summed E-state index contributed by atoms with van der Waals surface area (Å²) in [6.45, 7) is 1.92. The van der Waals surface area contributed by atoms with Crippen LogP contribution in [0.3, 0.4) is 0 Å². The maximum absolute atomic E-state index is 12.3. The first kappa shape index (κ1) is 13.3. The first-order chi connectivity index (χ1) is 9.47. The molecule has 0 bridgehead atoms. The third kappa shape index (κ3) is 1.79. The third-order valence-electron chi connectivity index (χ3n) is 4.80. The van der Waals surface area contributed by atoms with E-state index >= 15 is 0 Å². The highest BCUT2D eigenvalue weighted by Gasteiger charge is 2.64. The van der Waals surface area contributed by atoms with Crippen molar-refractivity contribution < 1.29 is 19.4 Å². The van der Waals surface area contributed by atoms with Crippen molar-refractivity contribution in [1.29, 1.82) is 0 Å². The molecule has 0 aromatic heterocycles. The van der Waals surface area contributed by atoms with Crippen LogP contribution in [0.5, 0.6) is 0 Å². The zero-order valence-electron chi connectivity index (χ0n) is 11.5. The number of esters is 1. The summed E-state index contributed by atoms with van der Waals surface area (Å²) in [5.74, 6) is -0.359. The minimum Gasteiger partial charge on any atom is -0.462 e. The number of rotatable bonds is 2. The van der Waals surface area contributed by atoms with Gasteiger partial charge in [-0.25, -0.2) is 0 Å². The van der Waals surface area contributed by atoms with Gasteiger partial charge in [-0.1, -0.05) is 24.3 Å². The zero-order chi connectivity index (χ0) is 14.4. The van der Waals surface area contributed by atoms with Crippen LogP contribution in [0.4, 0.5) is 0 Å². The minimum absolute atomic E-state index is 0.00575. The molecule has 1 saturated heterocycles. The summed E-state index contributed by atoms with van der Waals surface area (Å²) < 4.78 is 5.13. The molecule has 1 aromatic carbocycles. The Morgan fingerprint density at radius 2 is 2.05 bits per heavy atom. The Morgan fingerprint density at radius 3 is 2.80 bits per heavy atom. The number of fused-ring (bicyclic) bond motifs is 1. The maximum atomic E-state index is 12.3. The molecule has 1 aliphatic heterocycles. The Bertz CT molecular complexity index is 580. The molecule has 1 N–H and O–H groups in total. The molecular formula is C16H18O4. The van der Waals surface area contributed by atoms with Gasteiger partial charge in [0.25, 0.3) is 0 Å². The summed E-state index contributed by atoms with van der Waals surface area (Å²) in [6, 6.07) is 7.82. The number of hydrogen-bond acceptors (Lipinski definition) is 4. The molecule has 2 atom stereocenters. The van der Waals surface area contributed by atoms with Gasteiger partial charge in [-0.2, -0.15) is 0 Å². The van der Waals surface area contributed by atoms with Crippen molar-refractivity contribution in [1.82, 2.24) is 0 Å². The van der Waals surface area contributed by atoms with Crippen molar-refractivity contribution in [3.8, 4) is 0 Å². The minimum atomic E-state index is -1.35. The Morgan fingerprint density at radius 1 is 1.30 bits per heavy atom. The molecule has 2 aliphatic rings. The summed E-state index contributed by atoms with van der Waals surface area (Å²) >= 11 is 0. The smallest absolute Gasteiger partial charge is 0.315 e. The van der Waals surface area contributed by atoms with E-state index in [1.807, 2.05) is 31.2 Å². The Labute approximate surface area is 117 Å². The number of Topliss-reactive ketones (excluding diaryl/α,β-unsaturated/α-hetero) is 1. The predicted octanol–water partition coefficient (Wildman–Crippen LogP) is 1.56. The fourth-order valence-corrected chi connectivity index (χ4v) is 3.43. The van der Waals surface area contributed by atoms with Crippen molar-refractivity contribution in [2.75, 3.05) is 6.61 Å². The van der Waals surface area contributed by atoms with Gasteiger partial charge in [0.2, 0.25) is 0 Å². The van der Waals surface area contributed by atoms with Crippen molar-refractivity contribution in [3.63, 3.8) is 0 Å². The molecule has 0 radical (unpaired) electrons. The van der Waals surface area contributed by atoms with Crippen molar-refractivity contribution in [2.45, 2.75) is 38.2 Å². The van der Waals surface area contributed by atoms with E-state index < -0.39 is 11.0 Å². The second kappa shape index (κ2) is 4.42. The third-order valence-corrected chi connectivity index (χ3v) is 4.80. The summed E-state index contributed by atoms with van der Waals surface area (Å²) in [5.41, 5.74) is -0.200. The highest BCUT2D eigenvalue weighted by atomic mass is 16.6. The molecule has 1 saturated carbocycles. The standard InChI is InChI=1S/C16H18O4/c1-11-4-2-3-5-12(11)8-15-7-6-13(17)9-16(15,19)10-20-14(15)18/h2-5,19H,6-10H2,1H3. The Balaban J connectivity index is 2.01. The summed E-state index contributed by atoms with van der Waals surface area (Å²) in [4.78, 5) is 23.9. The van der Waals surface area contributed by atoms with Crippen LogP contribution in [0.25, 0.3) is 0 Å². The van der Waals surface area contributed by atoms with Crippen molar-refractivity contribution in [3.05, 3.63) is 35.4 Å². The van der Waals surface area contributed by atoms with Gasteiger partial charge in [0.1, 0.15) is 23.4 Å². The molecule has 4 heteroatoms. The number of carbonyl (C=O) groups excluding carboxylic acids is 2. The predicted molar refractivity (Wildman–Crippen MR) is 72.1 cm³/mol. The van der Waals surface area contributed by atoms with E-state index in [-0.39, 0.29) is 24.8 Å². The highest BCUT2D eigenvalue weighted by molar-refractivity contribution is 5.89. The van der Waals surface area contributed by atoms with Gasteiger partial charge in [-0.05, 0) is 30.9 Å². The van der Waals surface area contributed by atoms with E-state index in [1.54, 1.807) is 0 Å². The van der Waals surface area contributed by atoms with Gasteiger partial charge >= 0.3 is 5.97 Å². The normalized spacial score (nSPS) is 32.9. The zero-order valence-corrected chi connectivity index (χ0v) is 11.5. The van der Waals surface area contributed by atoms with Crippen molar-refractivity contribution in [2.24, 2.45) is 5.41 Å². The van der Waals surface area contributed by atoms with Crippen LogP contribution < -0.4 is 0 Å². The lowest BCUT2D eigenvalue weighted by molar-refractivity contribution is -0.154. The number of aliphatic hydroxyl groups is 1. The van der Waals surface area contributed by atoms with Gasteiger partial charge in [-0.3, -0.25) is 9.59 Å². The molecule has 2 fully saturated rings. The molecule has 1 aliphatic carbocycles. The van der Waals surface area contributed by atoms with Crippen LogP contribution in [-0.4, -0.2) is 29.1 Å². The molecule has 20 heavy (non-hydrogen) atoms. The second-order valence-corrected chi connectivity index (χ2v) is 6.01. The molecule has 3 rings (SSSR count). The van der Waals surface area contributed by atoms with Crippen LogP contribution in [0.1, 0.15) is 30.4 Å². The lowest BCUT2D eigenvalue weighted by Crippen LogP contribution is -2.54. The molecule has 1 aromatic rings. The van der Waals surface area contributed by atoms with E-state index in [0.717, 1.165) is 11.1 Å². The van der Waals surface area contributed by atoms with Crippen LogP contribution in [0.2, 0.25) is 0 Å². The first-order valence-corrected chi connectivity index (χ1v) is 6.93. The van der Waals surface area contributed by atoms with E-state index in [1.165, 1.54) is 0 Å². The van der Waals surface area contributed by atoms with Gasteiger partial charge in [0.15, 0.2) is 0 Å². The molecule has 2 unspecified atom stereocenters. The first-order valence-electron chi connectivity index (χ1n) is 6.93. The monoisotopic (exact) mass is 274 g/mol. The Kier molecular flexibility index (Phi) is 2.94. The number of ketones is 1. The lowest BCUT2D eigenvalue weighted by Gasteiger charge is -2.41. The van der Waals surface area contributed by atoms with Crippen LogP contribution in [0.15, 0.2) is 24.3 Å². The molecule has 106 valence electrons. The summed E-state index contributed by atoms with van der Waals surface area (Å²) in [6.07, 6.45) is 1.16. The number of cyclic esters (lactones) is 1. The molecule has 0 spiro atoms. The van der Waals surface area contributed by atoms with Gasteiger partial charge in [-0.15, -0.1) is 0 Å². The topological polar surface area (TPSA) is 63.6 Å². The number of ether oxygens (including phenoxy) is 1. The van der Waals surface area contributed by atoms with E-state index in [4.69, 9.17) is 4.74 Å². The summed E-state index contributed by atoms with van der Waals surface area (Å²) in [7, 11) is 0. The van der Waals surface area contributed by atoms with Gasteiger partial charge in [0.05, 0.1) is 0 Å². The van der Waals surface area contributed by atoms with E-state index in [9.17, 15) is 14.7 Å². The SMILES string of the molecule is Cc1ccccc1CC12CCC(=O)CC1(O)COC2=O. The number of benzene rings is 1. The van der Waals surface area contributed by atoms with Gasteiger partial charge in [0, 0.05) is 12.8 Å². The highest BCUT2D eigenvalue weighted by Crippen LogP contribution is 2.50. The number of hydrogen-bond donors (Lipinski definition) is 1. The summed E-state index contributed by atoms with van der Waals surface area (Å²) in [5, 5.41) is 10.8. The average Bonchev–Trinajstić information content (AvgIpc) is 2.65. The molecule has 1 heterocycles. The van der Waals surface area contributed by atoms with Crippen LogP contribution in [-0.2, 0) is 20.7 Å². The van der Waals surface area contributed by atoms with Gasteiger partial charge < -0.3 is 9.84 Å². The second-order valence-electron chi connectivity index (χ2n) is 6.01. The number of aryl methyl sites for hydroxylation is 1. The van der Waals surface area contributed by atoms with E-state index in [0.29, 0.717) is 19.3 Å². The van der Waals surface area contributed by atoms with Crippen LogP contribution >= 0.6 is 0 Å². The largest absolute Gasteiger partial charge is 0.462 e. The molecule has 4 nitrogen and oxygen atoms in total.